The summed E-state index contributed by atoms with van der Waals surface area (Å²) in [7, 11) is 4.93. The van der Waals surface area contributed by atoms with E-state index < -0.39 is 0 Å². The number of benzene rings is 1. The van der Waals surface area contributed by atoms with Crippen molar-refractivity contribution in [1.29, 1.82) is 0 Å². The van der Waals surface area contributed by atoms with E-state index in [4.69, 9.17) is 4.74 Å². The quantitative estimate of drug-likeness (QED) is 0.785. The third-order valence-electron chi connectivity index (χ3n) is 4.92. The molecule has 0 radical (unpaired) electrons. The van der Waals surface area contributed by atoms with Gasteiger partial charge in [0.15, 0.2) is 6.29 Å². The standard InChI is InChI=1S/C19H25N3O4/c1-20(2)19(25)18-16(12-23)15-10-14(26-3)4-5-17(15)22(18)9-8-21-7-6-13(24)11-21/h4-5,10,12-13,24H,6-9,11H2,1-3H3. The first kappa shape index (κ1) is 18.4. The van der Waals surface area contributed by atoms with Gasteiger partial charge in [-0.25, -0.2) is 0 Å². The van der Waals surface area contributed by atoms with Gasteiger partial charge in [0.25, 0.3) is 5.91 Å². The Bertz CT molecular complexity index is 828. The fourth-order valence-electron chi connectivity index (χ4n) is 3.54. The van der Waals surface area contributed by atoms with Crippen molar-refractivity contribution in [3.05, 3.63) is 29.5 Å². The molecule has 0 saturated carbocycles. The number of carbonyl (C=O) groups is 2. The number of nitrogens with zero attached hydrogens (tertiary/aromatic N) is 3. The molecule has 1 atom stereocenters. The van der Waals surface area contributed by atoms with Gasteiger partial charge >= 0.3 is 0 Å². The number of amides is 1. The Labute approximate surface area is 152 Å². The first-order valence-electron chi connectivity index (χ1n) is 8.73. The summed E-state index contributed by atoms with van der Waals surface area (Å²) in [6.45, 7) is 2.76. The molecule has 1 aliphatic rings. The van der Waals surface area contributed by atoms with E-state index in [0.29, 0.717) is 42.0 Å². The molecule has 0 aliphatic carbocycles. The lowest BCUT2D eigenvalue weighted by molar-refractivity contribution is 0.0813. The number of fused-ring (bicyclic) bond motifs is 1. The van der Waals surface area contributed by atoms with Crippen molar-refractivity contribution < 1.29 is 19.4 Å². The number of hydrogen-bond donors (Lipinski definition) is 1. The Kier molecular flexibility index (Phi) is 5.29. The fourth-order valence-corrected chi connectivity index (χ4v) is 3.54. The lowest BCUT2D eigenvalue weighted by Crippen LogP contribution is -2.30. The number of carbonyl (C=O) groups excluding carboxylic acids is 2. The van der Waals surface area contributed by atoms with Crippen molar-refractivity contribution in [3.8, 4) is 5.75 Å². The minimum Gasteiger partial charge on any atom is -0.497 e. The average Bonchev–Trinajstić information content (AvgIpc) is 3.18. The van der Waals surface area contributed by atoms with Crippen LogP contribution in [0.2, 0.25) is 0 Å². The number of ether oxygens (including phenoxy) is 1. The largest absolute Gasteiger partial charge is 0.497 e. The number of aliphatic hydroxyl groups is 1. The molecule has 1 saturated heterocycles. The molecular formula is C19H25N3O4. The van der Waals surface area contributed by atoms with E-state index in [0.717, 1.165) is 24.8 Å². The zero-order valence-electron chi connectivity index (χ0n) is 15.4. The first-order chi connectivity index (χ1) is 12.5. The summed E-state index contributed by atoms with van der Waals surface area (Å²) < 4.78 is 7.18. The van der Waals surface area contributed by atoms with Gasteiger partial charge in [-0.15, -0.1) is 0 Å². The van der Waals surface area contributed by atoms with Crippen LogP contribution in [0.4, 0.5) is 0 Å². The molecule has 2 heterocycles. The predicted octanol–water partition coefficient (Wildman–Crippen LogP) is 1.23. The highest BCUT2D eigenvalue weighted by Crippen LogP contribution is 2.29. The average molecular weight is 359 g/mol. The van der Waals surface area contributed by atoms with Crippen LogP contribution >= 0.6 is 0 Å². The second-order valence-electron chi connectivity index (χ2n) is 6.86. The van der Waals surface area contributed by atoms with E-state index in [-0.39, 0.29) is 12.0 Å². The maximum absolute atomic E-state index is 12.8. The van der Waals surface area contributed by atoms with E-state index in [2.05, 4.69) is 4.90 Å². The molecule has 7 nitrogen and oxygen atoms in total. The molecule has 3 rings (SSSR count). The van der Waals surface area contributed by atoms with Crippen LogP contribution in [0.5, 0.6) is 5.75 Å². The van der Waals surface area contributed by atoms with Crippen LogP contribution in [-0.2, 0) is 6.54 Å². The van der Waals surface area contributed by atoms with Crippen molar-refractivity contribution >= 4 is 23.1 Å². The van der Waals surface area contributed by atoms with Crippen LogP contribution in [0.25, 0.3) is 10.9 Å². The van der Waals surface area contributed by atoms with Crippen molar-refractivity contribution in [3.63, 3.8) is 0 Å². The van der Waals surface area contributed by atoms with E-state index in [1.165, 1.54) is 4.90 Å². The van der Waals surface area contributed by atoms with Gasteiger partial charge in [-0.1, -0.05) is 0 Å². The molecule has 1 aromatic heterocycles. The Morgan fingerprint density at radius 1 is 1.38 bits per heavy atom. The number of hydrogen-bond acceptors (Lipinski definition) is 5. The second kappa shape index (κ2) is 7.47. The molecule has 1 unspecified atom stereocenters. The molecule has 1 amide bonds. The molecular weight excluding hydrogens is 334 g/mol. The summed E-state index contributed by atoms with van der Waals surface area (Å²) in [4.78, 5) is 28.2. The minimum absolute atomic E-state index is 0.205. The van der Waals surface area contributed by atoms with Gasteiger partial charge in [0.1, 0.15) is 11.4 Å². The zero-order valence-corrected chi connectivity index (χ0v) is 15.4. The van der Waals surface area contributed by atoms with Crippen molar-refractivity contribution in [1.82, 2.24) is 14.4 Å². The Balaban J connectivity index is 2.07. The second-order valence-corrected chi connectivity index (χ2v) is 6.86. The predicted molar refractivity (Wildman–Crippen MR) is 99.0 cm³/mol. The zero-order chi connectivity index (χ0) is 18.8. The molecule has 1 N–H and O–H groups in total. The van der Waals surface area contributed by atoms with Gasteiger partial charge in [-0.2, -0.15) is 0 Å². The summed E-state index contributed by atoms with van der Waals surface area (Å²) in [5.74, 6) is 0.438. The topological polar surface area (TPSA) is 75.0 Å². The third kappa shape index (κ3) is 3.32. The normalized spacial score (nSPS) is 17.6. The van der Waals surface area contributed by atoms with Crippen LogP contribution < -0.4 is 4.74 Å². The monoisotopic (exact) mass is 359 g/mol. The number of likely N-dealkylation sites (tertiary alicyclic amines) is 1. The van der Waals surface area contributed by atoms with Crippen LogP contribution in [0.3, 0.4) is 0 Å². The smallest absolute Gasteiger partial charge is 0.270 e. The third-order valence-corrected chi connectivity index (χ3v) is 4.92. The number of aromatic nitrogens is 1. The van der Waals surface area contributed by atoms with E-state index in [1.54, 1.807) is 27.3 Å². The van der Waals surface area contributed by atoms with Gasteiger partial charge in [0.05, 0.1) is 18.8 Å². The number of aldehydes is 1. The Hall–Kier alpha value is -2.38. The lowest BCUT2D eigenvalue weighted by atomic mass is 10.1. The molecule has 7 heteroatoms. The lowest BCUT2D eigenvalue weighted by Gasteiger charge is -2.19. The number of β-amino-alcohol motifs (C(OH)–C–C–N with tert-alkyl or cyclic N) is 1. The highest BCUT2D eigenvalue weighted by atomic mass is 16.5. The van der Waals surface area contributed by atoms with Gasteiger partial charge in [0, 0.05) is 51.2 Å². The van der Waals surface area contributed by atoms with Crippen molar-refractivity contribution in [2.45, 2.75) is 19.1 Å². The molecule has 1 fully saturated rings. The molecule has 0 spiro atoms. The van der Waals surface area contributed by atoms with Crippen LogP contribution in [-0.4, -0.2) is 78.6 Å². The Morgan fingerprint density at radius 2 is 2.15 bits per heavy atom. The van der Waals surface area contributed by atoms with Crippen LogP contribution in [0.1, 0.15) is 27.3 Å². The molecule has 26 heavy (non-hydrogen) atoms. The summed E-state index contributed by atoms with van der Waals surface area (Å²) >= 11 is 0. The Morgan fingerprint density at radius 3 is 2.73 bits per heavy atom. The molecule has 2 aromatic rings. The highest BCUT2D eigenvalue weighted by Gasteiger charge is 2.25. The van der Waals surface area contributed by atoms with E-state index in [9.17, 15) is 14.7 Å². The number of aliphatic hydroxyl groups excluding tert-OH is 1. The molecule has 0 bridgehead atoms. The first-order valence-corrected chi connectivity index (χ1v) is 8.73. The molecule has 140 valence electrons. The number of methoxy groups -OCH3 is 1. The molecule has 1 aliphatic heterocycles. The SMILES string of the molecule is COc1ccc2c(c1)c(C=O)c(C(=O)N(C)C)n2CCN1CCC(O)C1. The molecule has 1 aromatic carbocycles. The van der Waals surface area contributed by atoms with Gasteiger partial charge in [0.2, 0.25) is 0 Å². The highest BCUT2D eigenvalue weighted by molar-refractivity contribution is 6.10. The van der Waals surface area contributed by atoms with Gasteiger partial charge < -0.3 is 19.3 Å². The summed E-state index contributed by atoms with van der Waals surface area (Å²) in [5.41, 5.74) is 1.62. The van der Waals surface area contributed by atoms with Crippen LogP contribution in [0, 0.1) is 0 Å². The summed E-state index contributed by atoms with van der Waals surface area (Å²) in [6.07, 6.45) is 1.23. The summed E-state index contributed by atoms with van der Waals surface area (Å²) in [6, 6.07) is 5.50. The van der Waals surface area contributed by atoms with Gasteiger partial charge in [-0.05, 0) is 24.6 Å². The van der Waals surface area contributed by atoms with Gasteiger partial charge in [-0.3, -0.25) is 14.5 Å². The minimum atomic E-state index is -0.283. The maximum Gasteiger partial charge on any atom is 0.270 e. The summed E-state index contributed by atoms with van der Waals surface area (Å²) in [5, 5.41) is 10.4. The van der Waals surface area contributed by atoms with Crippen molar-refractivity contribution in [2.24, 2.45) is 0 Å². The fraction of sp³-hybridized carbons (Fsp3) is 0.474. The van der Waals surface area contributed by atoms with Crippen LogP contribution in [0.15, 0.2) is 18.2 Å². The van der Waals surface area contributed by atoms with E-state index >= 15 is 0 Å². The van der Waals surface area contributed by atoms with E-state index in [1.807, 2.05) is 16.7 Å². The maximum atomic E-state index is 12.8. The number of rotatable bonds is 6. The van der Waals surface area contributed by atoms with Crippen molar-refractivity contribution in [2.75, 3.05) is 40.8 Å².